The number of carboxylic acid groups (broad SMARTS) is 1. The van der Waals surface area contributed by atoms with E-state index in [-0.39, 0.29) is 24.4 Å². The van der Waals surface area contributed by atoms with Crippen molar-refractivity contribution in [1.29, 1.82) is 0 Å². The molecule has 0 aliphatic carbocycles. The third-order valence-electron chi connectivity index (χ3n) is 2.92. The lowest BCUT2D eigenvalue weighted by molar-refractivity contribution is -0.137. The summed E-state index contributed by atoms with van der Waals surface area (Å²) in [5, 5.41) is 11.6. The molecule has 6 heteroatoms. The third-order valence-corrected chi connectivity index (χ3v) is 2.92. The van der Waals surface area contributed by atoms with Crippen LogP contribution in [0.3, 0.4) is 0 Å². The number of nitrogens with zero attached hydrogens (tertiary/aromatic N) is 1. The Morgan fingerprint density at radius 1 is 1.14 bits per heavy atom. The quantitative estimate of drug-likeness (QED) is 0.803. The maximum atomic E-state index is 12.3. The van der Waals surface area contributed by atoms with Crippen LogP contribution in [0.25, 0.3) is 0 Å². The summed E-state index contributed by atoms with van der Waals surface area (Å²) in [6, 6.07) is 6.25. The molecule has 0 radical (unpaired) electrons. The number of carbonyl (C=O) groups is 3. The highest BCUT2D eigenvalue weighted by molar-refractivity contribution is 5.98. The summed E-state index contributed by atoms with van der Waals surface area (Å²) >= 11 is 0. The highest BCUT2D eigenvalue weighted by Gasteiger charge is 2.18. The molecule has 0 aromatic heterocycles. The average molecular weight is 306 g/mol. The van der Waals surface area contributed by atoms with E-state index in [1.807, 2.05) is 20.8 Å². The summed E-state index contributed by atoms with van der Waals surface area (Å²) in [5.74, 6) is -1.60. The van der Waals surface area contributed by atoms with Gasteiger partial charge in [0.2, 0.25) is 0 Å². The number of rotatable bonds is 7. The molecule has 0 aliphatic rings. The van der Waals surface area contributed by atoms with Crippen LogP contribution in [0.1, 0.15) is 47.9 Å². The average Bonchev–Trinajstić information content (AvgIpc) is 2.45. The van der Waals surface area contributed by atoms with Gasteiger partial charge in [0.05, 0.1) is 0 Å². The zero-order valence-corrected chi connectivity index (χ0v) is 13.1. The van der Waals surface area contributed by atoms with Crippen molar-refractivity contribution in [3.63, 3.8) is 0 Å². The molecule has 0 fully saturated rings. The molecular weight excluding hydrogens is 284 g/mol. The molecule has 0 atom stereocenters. The van der Waals surface area contributed by atoms with Crippen molar-refractivity contribution < 1.29 is 19.5 Å². The molecule has 0 aliphatic heterocycles. The molecule has 6 nitrogen and oxygen atoms in total. The summed E-state index contributed by atoms with van der Waals surface area (Å²) in [5.41, 5.74) is 0.835. The Balaban J connectivity index is 2.85. The summed E-state index contributed by atoms with van der Waals surface area (Å²) in [7, 11) is 0. The van der Waals surface area contributed by atoms with Gasteiger partial charge in [-0.2, -0.15) is 0 Å². The number of nitrogens with one attached hydrogen (secondary N) is 1. The molecule has 2 N–H and O–H groups in total. The van der Waals surface area contributed by atoms with Gasteiger partial charge in [0.25, 0.3) is 11.8 Å². The first-order valence-electron chi connectivity index (χ1n) is 7.27. The monoisotopic (exact) mass is 306 g/mol. The number of amides is 2. The fraction of sp³-hybridized carbons (Fsp3) is 0.438. The van der Waals surface area contributed by atoms with Gasteiger partial charge >= 0.3 is 5.97 Å². The molecule has 0 unspecified atom stereocenters. The molecule has 1 aromatic carbocycles. The molecule has 0 spiro atoms. The Kier molecular flexibility index (Phi) is 6.56. The van der Waals surface area contributed by atoms with Crippen LogP contribution in [0.4, 0.5) is 0 Å². The van der Waals surface area contributed by atoms with E-state index in [9.17, 15) is 14.4 Å². The Morgan fingerprint density at radius 3 is 2.14 bits per heavy atom. The Bertz CT molecular complexity index is 538. The molecule has 120 valence electrons. The van der Waals surface area contributed by atoms with Crippen molar-refractivity contribution in [3.05, 3.63) is 35.4 Å². The van der Waals surface area contributed by atoms with Gasteiger partial charge < -0.3 is 15.3 Å². The van der Waals surface area contributed by atoms with Gasteiger partial charge in [-0.25, -0.2) is 0 Å². The highest BCUT2D eigenvalue weighted by Crippen LogP contribution is 2.09. The number of hydrogen-bond acceptors (Lipinski definition) is 3. The van der Waals surface area contributed by atoms with Crippen molar-refractivity contribution in [2.75, 3.05) is 13.1 Å². The fourth-order valence-electron chi connectivity index (χ4n) is 1.98. The van der Waals surface area contributed by atoms with Crippen LogP contribution in [0.2, 0.25) is 0 Å². The second-order valence-electron chi connectivity index (χ2n) is 5.33. The number of benzene rings is 1. The second-order valence-corrected chi connectivity index (χ2v) is 5.33. The van der Waals surface area contributed by atoms with Gasteiger partial charge in [-0.15, -0.1) is 0 Å². The number of carboxylic acids is 1. The van der Waals surface area contributed by atoms with E-state index in [1.165, 1.54) is 4.90 Å². The van der Waals surface area contributed by atoms with Crippen molar-refractivity contribution >= 4 is 17.8 Å². The molecule has 0 saturated carbocycles. The Morgan fingerprint density at radius 2 is 1.68 bits per heavy atom. The van der Waals surface area contributed by atoms with E-state index in [1.54, 1.807) is 24.3 Å². The van der Waals surface area contributed by atoms with Crippen LogP contribution in [0.5, 0.6) is 0 Å². The SMILES string of the molecule is CCCN(CC(=O)O)C(=O)c1ccc(C(=O)NC(C)C)cc1. The first-order chi connectivity index (χ1) is 10.3. The maximum absolute atomic E-state index is 12.3. The molecule has 0 saturated heterocycles. The summed E-state index contributed by atoms with van der Waals surface area (Å²) in [6.45, 7) is 5.65. The normalized spacial score (nSPS) is 10.4. The number of hydrogen-bond donors (Lipinski definition) is 2. The van der Waals surface area contributed by atoms with Crippen molar-refractivity contribution in [2.45, 2.75) is 33.2 Å². The molecule has 1 rings (SSSR count). The van der Waals surface area contributed by atoms with E-state index in [2.05, 4.69) is 5.32 Å². The summed E-state index contributed by atoms with van der Waals surface area (Å²) in [4.78, 5) is 36.2. The fourth-order valence-corrected chi connectivity index (χ4v) is 1.98. The van der Waals surface area contributed by atoms with E-state index in [0.717, 1.165) is 0 Å². The van der Waals surface area contributed by atoms with Gasteiger partial charge in [-0.05, 0) is 44.5 Å². The van der Waals surface area contributed by atoms with E-state index in [0.29, 0.717) is 24.1 Å². The molecule has 0 bridgehead atoms. The topological polar surface area (TPSA) is 86.7 Å². The standard InChI is InChI=1S/C16H22N2O4/c1-4-9-18(10-14(19)20)16(22)13-7-5-12(6-8-13)15(21)17-11(2)3/h5-8,11H,4,9-10H2,1-3H3,(H,17,21)(H,19,20). The zero-order chi connectivity index (χ0) is 16.7. The Hall–Kier alpha value is -2.37. The van der Waals surface area contributed by atoms with Crippen molar-refractivity contribution in [2.24, 2.45) is 0 Å². The summed E-state index contributed by atoms with van der Waals surface area (Å²) in [6.07, 6.45) is 0.675. The van der Waals surface area contributed by atoms with Crippen LogP contribution in [-0.4, -0.2) is 46.9 Å². The van der Waals surface area contributed by atoms with Gasteiger partial charge in [0.1, 0.15) is 6.54 Å². The van der Waals surface area contributed by atoms with E-state index < -0.39 is 5.97 Å². The van der Waals surface area contributed by atoms with Crippen LogP contribution in [0.15, 0.2) is 24.3 Å². The molecule has 2 amide bonds. The van der Waals surface area contributed by atoms with Crippen LogP contribution in [-0.2, 0) is 4.79 Å². The maximum Gasteiger partial charge on any atom is 0.323 e. The van der Waals surface area contributed by atoms with Gasteiger partial charge in [0.15, 0.2) is 0 Å². The van der Waals surface area contributed by atoms with Gasteiger partial charge in [-0.1, -0.05) is 6.92 Å². The minimum Gasteiger partial charge on any atom is -0.480 e. The van der Waals surface area contributed by atoms with Crippen LogP contribution >= 0.6 is 0 Å². The predicted octanol–water partition coefficient (Wildman–Crippen LogP) is 1.76. The van der Waals surface area contributed by atoms with Crippen LogP contribution in [0, 0.1) is 0 Å². The van der Waals surface area contributed by atoms with Crippen LogP contribution < -0.4 is 5.32 Å². The summed E-state index contributed by atoms with van der Waals surface area (Å²) < 4.78 is 0. The minimum absolute atomic E-state index is 0.0319. The van der Waals surface area contributed by atoms with E-state index >= 15 is 0 Å². The molecular formula is C16H22N2O4. The second kappa shape index (κ2) is 8.17. The first kappa shape index (κ1) is 17.7. The first-order valence-corrected chi connectivity index (χ1v) is 7.27. The van der Waals surface area contributed by atoms with Crippen molar-refractivity contribution in [1.82, 2.24) is 10.2 Å². The lowest BCUT2D eigenvalue weighted by Gasteiger charge is -2.20. The highest BCUT2D eigenvalue weighted by atomic mass is 16.4. The molecule has 1 aromatic rings. The van der Waals surface area contributed by atoms with Gasteiger partial charge in [0, 0.05) is 23.7 Å². The van der Waals surface area contributed by atoms with Gasteiger partial charge in [-0.3, -0.25) is 14.4 Å². The largest absolute Gasteiger partial charge is 0.480 e. The third kappa shape index (κ3) is 5.20. The minimum atomic E-state index is -1.05. The molecule has 0 heterocycles. The predicted molar refractivity (Wildman–Crippen MR) is 82.9 cm³/mol. The zero-order valence-electron chi connectivity index (χ0n) is 13.1. The number of aliphatic carboxylic acids is 1. The molecule has 22 heavy (non-hydrogen) atoms. The van der Waals surface area contributed by atoms with E-state index in [4.69, 9.17) is 5.11 Å². The van der Waals surface area contributed by atoms with Crippen molar-refractivity contribution in [3.8, 4) is 0 Å². The lowest BCUT2D eigenvalue weighted by atomic mass is 10.1. The lowest BCUT2D eigenvalue weighted by Crippen LogP contribution is -2.36. The number of carbonyl (C=O) groups excluding carboxylic acids is 2. The Labute approximate surface area is 130 Å². The smallest absolute Gasteiger partial charge is 0.323 e.